The van der Waals surface area contributed by atoms with E-state index in [2.05, 4.69) is 4.98 Å². The number of benzene rings is 1. The first kappa shape index (κ1) is 12.4. The van der Waals surface area contributed by atoms with Gasteiger partial charge in [-0.25, -0.2) is 4.79 Å². The molecular formula is C12H12N2O3S. The second-order valence-electron chi connectivity index (χ2n) is 3.50. The first-order chi connectivity index (χ1) is 8.70. The molecule has 94 valence electrons. The Morgan fingerprint density at radius 3 is 3.00 bits per heavy atom. The Bertz CT molecular complexity index is 540. The van der Waals surface area contributed by atoms with Crippen LogP contribution in [0.4, 0.5) is 5.69 Å². The maximum absolute atomic E-state index is 11.9. The number of nitrogen functional groups attached to an aromatic ring is 1. The molecule has 2 rings (SSSR count). The summed E-state index contributed by atoms with van der Waals surface area (Å²) in [6, 6.07) is 4.84. The molecular weight excluding hydrogens is 252 g/mol. The van der Waals surface area contributed by atoms with Crippen molar-refractivity contribution in [3.05, 3.63) is 40.3 Å². The minimum Gasteiger partial charge on any atom is -0.496 e. The number of rotatable bonds is 4. The Labute approximate surface area is 108 Å². The fourth-order valence-corrected chi connectivity index (χ4v) is 1.92. The minimum atomic E-state index is -0.465. The van der Waals surface area contributed by atoms with Crippen LogP contribution in [0.5, 0.6) is 5.75 Å². The highest BCUT2D eigenvalue weighted by molar-refractivity contribution is 7.09. The molecule has 0 aliphatic rings. The highest BCUT2D eigenvalue weighted by Gasteiger charge is 2.14. The summed E-state index contributed by atoms with van der Waals surface area (Å²) >= 11 is 1.43. The SMILES string of the molecule is COc1ccc(N)cc1C(=O)OCc1cncs1. The van der Waals surface area contributed by atoms with Gasteiger partial charge in [0.15, 0.2) is 0 Å². The second kappa shape index (κ2) is 5.50. The Hall–Kier alpha value is -2.08. The highest BCUT2D eigenvalue weighted by Crippen LogP contribution is 2.22. The van der Waals surface area contributed by atoms with Crippen molar-refractivity contribution < 1.29 is 14.3 Å². The molecule has 0 spiro atoms. The lowest BCUT2D eigenvalue weighted by Gasteiger charge is -2.08. The molecule has 0 unspecified atom stereocenters. The van der Waals surface area contributed by atoms with Crippen LogP contribution in [0.15, 0.2) is 29.9 Å². The number of hydrogen-bond donors (Lipinski definition) is 1. The van der Waals surface area contributed by atoms with Gasteiger partial charge in [0.1, 0.15) is 17.9 Å². The molecule has 1 aromatic carbocycles. The normalized spacial score (nSPS) is 10.1. The van der Waals surface area contributed by atoms with E-state index in [1.807, 2.05) is 0 Å². The average molecular weight is 264 g/mol. The van der Waals surface area contributed by atoms with Crippen LogP contribution >= 0.6 is 11.3 Å². The van der Waals surface area contributed by atoms with Gasteiger partial charge in [0.25, 0.3) is 0 Å². The summed E-state index contributed by atoms with van der Waals surface area (Å²) in [6.45, 7) is 0.196. The standard InChI is InChI=1S/C12H12N2O3S/c1-16-11-3-2-8(13)4-10(11)12(15)17-6-9-5-14-7-18-9/h2-5,7H,6,13H2,1H3. The number of aromatic nitrogens is 1. The smallest absolute Gasteiger partial charge is 0.342 e. The van der Waals surface area contributed by atoms with Crippen molar-refractivity contribution in [1.29, 1.82) is 0 Å². The molecule has 0 aliphatic heterocycles. The van der Waals surface area contributed by atoms with E-state index in [-0.39, 0.29) is 6.61 Å². The molecule has 5 nitrogen and oxygen atoms in total. The van der Waals surface area contributed by atoms with Crippen LogP contribution in [-0.4, -0.2) is 18.1 Å². The molecule has 0 aliphatic carbocycles. The number of nitrogens with two attached hydrogens (primary N) is 1. The van der Waals surface area contributed by atoms with Gasteiger partial charge in [-0.05, 0) is 18.2 Å². The zero-order chi connectivity index (χ0) is 13.0. The largest absolute Gasteiger partial charge is 0.496 e. The summed E-state index contributed by atoms with van der Waals surface area (Å²) in [5.74, 6) is -0.0222. The van der Waals surface area contributed by atoms with Gasteiger partial charge in [0.2, 0.25) is 0 Å². The molecule has 1 heterocycles. The predicted octanol–water partition coefficient (Wildman–Crippen LogP) is 2.09. The molecule has 2 aromatic rings. The number of nitrogens with zero attached hydrogens (tertiary/aromatic N) is 1. The summed E-state index contributed by atoms with van der Waals surface area (Å²) in [5.41, 5.74) is 8.13. The number of anilines is 1. The van der Waals surface area contributed by atoms with E-state index in [0.29, 0.717) is 17.0 Å². The lowest BCUT2D eigenvalue weighted by Crippen LogP contribution is -2.07. The third-order valence-electron chi connectivity index (χ3n) is 2.27. The first-order valence-electron chi connectivity index (χ1n) is 5.18. The van der Waals surface area contributed by atoms with Gasteiger partial charge in [0, 0.05) is 11.9 Å². The van der Waals surface area contributed by atoms with Gasteiger partial charge in [-0.3, -0.25) is 4.98 Å². The summed E-state index contributed by atoms with van der Waals surface area (Å²) in [7, 11) is 1.49. The Morgan fingerprint density at radius 1 is 1.50 bits per heavy atom. The van der Waals surface area contributed by atoms with Crippen molar-refractivity contribution in [2.24, 2.45) is 0 Å². The number of methoxy groups -OCH3 is 1. The van der Waals surface area contributed by atoms with E-state index < -0.39 is 5.97 Å². The molecule has 2 N–H and O–H groups in total. The van der Waals surface area contributed by atoms with Crippen molar-refractivity contribution in [3.8, 4) is 5.75 Å². The summed E-state index contributed by atoms with van der Waals surface area (Å²) in [6.07, 6.45) is 1.66. The molecule has 1 aromatic heterocycles. The molecule has 0 radical (unpaired) electrons. The fraction of sp³-hybridized carbons (Fsp3) is 0.167. The number of hydrogen-bond acceptors (Lipinski definition) is 6. The van der Waals surface area contributed by atoms with Crippen molar-refractivity contribution >= 4 is 23.0 Å². The monoisotopic (exact) mass is 264 g/mol. The summed E-state index contributed by atoms with van der Waals surface area (Å²) in [4.78, 5) is 16.7. The number of carbonyl (C=O) groups excluding carboxylic acids is 1. The highest BCUT2D eigenvalue weighted by atomic mass is 32.1. The van der Waals surface area contributed by atoms with Gasteiger partial charge in [-0.2, -0.15) is 0 Å². The van der Waals surface area contributed by atoms with Crippen LogP contribution in [-0.2, 0) is 11.3 Å². The van der Waals surface area contributed by atoms with E-state index in [4.69, 9.17) is 15.2 Å². The van der Waals surface area contributed by atoms with Gasteiger partial charge in [-0.1, -0.05) is 0 Å². The van der Waals surface area contributed by atoms with E-state index in [1.165, 1.54) is 24.5 Å². The Kier molecular flexibility index (Phi) is 3.78. The number of thiazole rings is 1. The zero-order valence-corrected chi connectivity index (χ0v) is 10.6. The Balaban J connectivity index is 2.10. The zero-order valence-electron chi connectivity index (χ0n) is 9.75. The second-order valence-corrected chi connectivity index (χ2v) is 4.47. The molecule has 0 amide bonds. The van der Waals surface area contributed by atoms with Crippen molar-refractivity contribution in [2.75, 3.05) is 12.8 Å². The van der Waals surface area contributed by atoms with Crippen molar-refractivity contribution in [3.63, 3.8) is 0 Å². The Morgan fingerprint density at radius 2 is 2.33 bits per heavy atom. The molecule has 0 saturated carbocycles. The maximum Gasteiger partial charge on any atom is 0.342 e. The lowest BCUT2D eigenvalue weighted by molar-refractivity contribution is 0.0473. The van der Waals surface area contributed by atoms with Crippen molar-refractivity contribution in [2.45, 2.75) is 6.61 Å². The van der Waals surface area contributed by atoms with Gasteiger partial charge in [-0.15, -0.1) is 11.3 Å². The van der Waals surface area contributed by atoms with E-state index >= 15 is 0 Å². The molecule has 0 bridgehead atoms. The minimum absolute atomic E-state index is 0.196. The van der Waals surface area contributed by atoms with Crippen LogP contribution in [0.2, 0.25) is 0 Å². The summed E-state index contributed by atoms with van der Waals surface area (Å²) < 4.78 is 10.3. The topological polar surface area (TPSA) is 74.4 Å². The van der Waals surface area contributed by atoms with Crippen LogP contribution in [0.1, 0.15) is 15.2 Å². The quantitative estimate of drug-likeness (QED) is 0.676. The van der Waals surface area contributed by atoms with Crippen LogP contribution in [0.25, 0.3) is 0 Å². The maximum atomic E-state index is 11.9. The van der Waals surface area contributed by atoms with Crippen LogP contribution in [0.3, 0.4) is 0 Å². The van der Waals surface area contributed by atoms with Gasteiger partial charge >= 0.3 is 5.97 Å². The van der Waals surface area contributed by atoms with Crippen molar-refractivity contribution in [1.82, 2.24) is 4.98 Å². The average Bonchev–Trinajstić information content (AvgIpc) is 2.89. The number of ether oxygens (including phenoxy) is 2. The third-order valence-corrected chi connectivity index (χ3v) is 3.03. The lowest BCUT2D eigenvalue weighted by atomic mass is 10.2. The predicted molar refractivity (Wildman–Crippen MR) is 68.6 cm³/mol. The molecule has 18 heavy (non-hydrogen) atoms. The molecule has 0 atom stereocenters. The van der Waals surface area contributed by atoms with E-state index in [9.17, 15) is 4.79 Å². The van der Waals surface area contributed by atoms with Gasteiger partial charge < -0.3 is 15.2 Å². The summed E-state index contributed by atoms with van der Waals surface area (Å²) in [5, 5.41) is 0. The molecule has 0 fully saturated rings. The fourth-order valence-electron chi connectivity index (χ4n) is 1.41. The van der Waals surface area contributed by atoms with Gasteiger partial charge in [0.05, 0.1) is 17.5 Å². The number of carbonyl (C=O) groups is 1. The molecule has 0 saturated heterocycles. The number of esters is 1. The van der Waals surface area contributed by atoms with E-state index in [0.717, 1.165) is 4.88 Å². The molecule has 6 heteroatoms. The van der Waals surface area contributed by atoms with Crippen LogP contribution < -0.4 is 10.5 Å². The van der Waals surface area contributed by atoms with Crippen LogP contribution in [0, 0.1) is 0 Å². The third kappa shape index (κ3) is 2.78. The first-order valence-corrected chi connectivity index (χ1v) is 6.06. The van der Waals surface area contributed by atoms with E-state index in [1.54, 1.807) is 23.8 Å².